The number of nitrogens with two attached hydrogens (primary N) is 1. The number of benzene rings is 1. The maximum absolute atomic E-state index is 5.64. The van der Waals surface area contributed by atoms with Crippen LogP contribution in [0.2, 0.25) is 0 Å². The number of nitrogens with zero attached hydrogens (tertiary/aromatic N) is 3. The fourth-order valence-electron chi connectivity index (χ4n) is 2.25. The molecule has 0 aliphatic rings. The van der Waals surface area contributed by atoms with E-state index in [9.17, 15) is 0 Å². The minimum atomic E-state index is 0.589. The van der Waals surface area contributed by atoms with Crippen molar-refractivity contribution in [1.82, 2.24) is 9.97 Å². The van der Waals surface area contributed by atoms with Gasteiger partial charge in [0.05, 0.1) is 5.52 Å². The first-order chi connectivity index (χ1) is 9.22. The molecule has 0 aliphatic heterocycles. The van der Waals surface area contributed by atoms with Crippen LogP contribution in [-0.4, -0.2) is 29.6 Å². The zero-order valence-corrected chi connectivity index (χ0v) is 11.7. The van der Waals surface area contributed by atoms with Crippen molar-refractivity contribution in [3.63, 3.8) is 0 Å². The second-order valence-electron chi connectivity index (χ2n) is 5.20. The highest BCUT2D eigenvalue weighted by molar-refractivity contribution is 5.89. The van der Waals surface area contributed by atoms with Crippen LogP contribution in [0.5, 0.6) is 0 Å². The van der Waals surface area contributed by atoms with E-state index in [4.69, 9.17) is 5.73 Å². The lowest BCUT2D eigenvalue weighted by Gasteiger charge is -2.26. The first-order valence-corrected chi connectivity index (χ1v) is 6.87. The van der Waals surface area contributed by atoms with Crippen molar-refractivity contribution in [3.8, 4) is 0 Å². The molecular formula is C15H22N4. The minimum absolute atomic E-state index is 0.589. The number of rotatable bonds is 6. The molecule has 0 bridgehead atoms. The summed E-state index contributed by atoms with van der Waals surface area (Å²) in [6.07, 6.45) is 2.62. The van der Waals surface area contributed by atoms with Crippen molar-refractivity contribution in [2.75, 3.05) is 24.5 Å². The van der Waals surface area contributed by atoms with Crippen LogP contribution in [0.1, 0.15) is 20.3 Å². The Kier molecular flexibility index (Phi) is 4.68. The Bertz CT molecular complexity index is 519. The number of aromatic nitrogens is 2. The predicted molar refractivity (Wildman–Crippen MR) is 80.3 cm³/mol. The molecule has 0 radical (unpaired) electrons. The van der Waals surface area contributed by atoms with Crippen molar-refractivity contribution >= 4 is 16.7 Å². The summed E-state index contributed by atoms with van der Waals surface area (Å²) in [7, 11) is 0. The molecule has 1 heterocycles. The van der Waals surface area contributed by atoms with Crippen LogP contribution < -0.4 is 10.6 Å². The third kappa shape index (κ3) is 3.41. The van der Waals surface area contributed by atoms with Crippen LogP contribution in [0.15, 0.2) is 30.6 Å². The maximum Gasteiger partial charge on any atom is 0.139 e. The molecule has 0 amide bonds. The van der Waals surface area contributed by atoms with Crippen molar-refractivity contribution < 1.29 is 0 Å². The van der Waals surface area contributed by atoms with Gasteiger partial charge in [0, 0.05) is 18.5 Å². The molecule has 0 saturated heterocycles. The highest BCUT2D eigenvalue weighted by Crippen LogP contribution is 2.23. The number of anilines is 1. The molecule has 102 valence electrons. The normalized spacial score (nSPS) is 11.2. The van der Waals surface area contributed by atoms with Gasteiger partial charge in [-0.15, -0.1) is 0 Å². The summed E-state index contributed by atoms with van der Waals surface area (Å²) in [6.45, 7) is 7.08. The van der Waals surface area contributed by atoms with Gasteiger partial charge in [-0.25, -0.2) is 9.97 Å². The fourth-order valence-corrected chi connectivity index (χ4v) is 2.25. The smallest absolute Gasteiger partial charge is 0.139 e. The van der Waals surface area contributed by atoms with Crippen molar-refractivity contribution in [2.24, 2.45) is 11.7 Å². The molecule has 4 nitrogen and oxygen atoms in total. The van der Waals surface area contributed by atoms with Crippen LogP contribution in [0.3, 0.4) is 0 Å². The van der Waals surface area contributed by atoms with Crippen LogP contribution in [0.25, 0.3) is 10.9 Å². The summed E-state index contributed by atoms with van der Waals surface area (Å²) in [5.74, 6) is 1.61. The lowest BCUT2D eigenvalue weighted by atomic mass is 10.1. The van der Waals surface area contributed by atoms with E-state index in [0.717, 1.165) is 36.2 Å². The van der Waals surface area contributed by atoms with Crippen LogP contribution in [0.4, 0.5) is 5.82 Å². The Morgan fingerprint density at radius 1 is 1.21 bits per heavy atom. The molecule has 0 fully saturated rings. The minimum Gasteiger partial charge on any atom is -0.356 e. The Hall–Kier alpha value is -1.68. The molecule has 1 aromatic carbocycles. The van der Waals surface area contributed by atoms with Gasteiger partial charge in [-0.2, -0.15) is 0 Å². The summed E-state index contributed by atoms with van der Waals surface area (Å²) in [5, 5.41) is 1.11. The number of hydrogen-bond acceptors (Lipinski definition) is 4. The van der Waals surface area contributed by atoms with E-state index in [2.05, 4.69) is 34.8 Å². The molecule has 0 aliphatic carbocycles. The summed E-state index contributed by atoms with van der Waals surface area (Å²) in [6, 6.07) is 8.15. The Labute approximate surface area is 114 Å². The molecule has 0 atom stereocenters. The molecule has 0 spiro atoms. The summed E-state index contributed by atoms with van der Waals surface area (Å²) < 4.78 is 0. The van der Waals surface area contributed by atoms with Gasteiger partial charge in [0.1, 0.15) is 12.1 Å². The lowest BCUT2D eigenvalue weighted by Crippen LogP contribution is -2.30. The van der Waals surface area contributed by atoms with Gasteiger partial charge in [-0.1, -0.05) is 26.0 Å². The molecule has 4 heteroatoms. The van der Waals surface area contributed by atoms with Gasteiger partial charge in [0.25, 0.3) is 0 Å². The molecule has 1 aromatic heterocycles. The second-order valence-corrected chi connectivity index (χ2v) is 5.20. The van der Waals surface area contributed by atoms with E-state index in [-0.39, 0.29) is 0 Å². The molecule has 19 heavy (non-hydrogen) atoms. The summed E-state index contributed by atoms with van der Waals surface area (Å²) in [5.41, 5.74) is 6.63. The number of para-hydroxylation sites is 1. The average Bonchev–Trinajstić information content (AvgIpc) is 2.42. The topological polar surface area (TPSA) is 55.0 Å². The van der Waals surface area contributed by atoms with E-state index in [0.29, 0.717) is 12.5 Å². The van der Waals surface area contributed by atoms with Gasteiger partial charge < -0.3 is 10.6 Å². The highest BCUT2D eigenvalue weighted by Gasteiger charge is 2.13. The van der Waals surface area contributed by atoms with E-state index < -0.39 is 0 Å². The second kappa shape index (κ2) is 6.48. The van der Waals surface area contributed by atoms with Crippen LogP contribution in [0, 0.1) is 5.92 Å². The lowest BCUT2D eigenvalue weighted by molar-refractivity contribution is 0.597. The maximum atomic E-state index is 5.64. The molecule has 2 aromatic rings. The third-order valence-electron chi connectivity index (χ3n) is 3.04. The zero-order chi connectivity index (χ0) is 13.7. The first kappa shape index (κ1) is 13.7. The zero-order valence-electron chi connectivity index (χ0n) is 11.7. The van der Waals surface area contributed by atoms with E-state index in [1.807, 2.05) is 18.2 Å². The van der Waals surface area contributed by atoms with Crippen molar-refractivity contribution in [2.45, 2.75) is 20.3 Å². The largest absolute Gasteiger partial charge is 0.356 e. The molecular weight excluding hydrogens is 236 g/mol. The number of fused-ring (bicyclic) bond motifs is 1. The molecule has 0 unspecified atom stereocenters. The third-order valence-corrected chi connectivity index (χ3v) is 3.04. The van der Waals surface area contributed by atoms with Gasteiger partial charge in [0.15, 0.2) is 0 Å². The standard InChI is InChI=1S/C15H22N4/c1-12(2)10-19(9-5-8-16)15-13-6-3-4-7-14(13)17-11-18-15/h3-4,6-7,11-12H,5,8-10,16H2,1-2H3. The van der Waals surface area contributed by atoms with Crippen LogP contribution >= 0.6 is 0 Å². The molecule has 2 N–H and O–H groups in total. The quantitative estimate of drug-likeness (QED) is 0.864. The SMILES string of the molecule is CC(C)CN(CCCN)c1ncnc2ccccc12. The van der Waals surface area contributed by atoms with Crippen molar-refractivity contribution in [3.05, 3.63) is 30.6 Å². The van der Waals surface area contributed by atoms with Gasteiger partial charge in [-0.05, 0) is 31.0 Å². The highest BCUT2D eigenvalue weighted by atomic mass is 15.2. The average molecular weight is 258 g/mol. The molecule has 0 saturated carbocycles. The van der Waals surface area contributed by atoms with Gasteiger partial charge in [0.2, 0.25) is 0 Å². The Morgan fingerprint density at radius 2 is 2.00 bits per heavy atom. The monoisotopic (exact) mass is 258 g/mol. The first-order valence-electron chi connectivity index (χ1n) is 6.87. The molecule has 2 rings (SSSR count). The number of hydrogen-bond donors (Lipinski definition) is 1. The van der Waals surface area contributed by atoms with Gasteiger partial charge in [-0.3, -0.25) is 0 Å². The Balaban J connectivity index is 2.37. The van der Waals surface area contributed by atoms with E-state index >= 15 is 0 Å². The predicted octanol–water partition coefficient (Wildman–Crippen LogP) is 2.44. The summed E-state index contributed by atoms with van der Waals surface area (Å²) in [4.78, 5) is 11.1. The Morgan fingerprint density at radius 3 is 2.74 bits per heavy atom. The fraction of sp³-hybridized carbons (Fsp3) is 0.467. The van der Waals surface area contributed by atoms with E-state index in [1.165, 1.54) is 0 Å². The van der Waals surface area contributed by atoms with Crippen LogP contribution in [-0.2, 0) is 0 Å². The van der Waals surface area contributed by atoms with Crippen molar-refractivity contribution in [1.29, 1.82) is 0 Å². The van der Waals surface area contributed by atoms with Gasteiger partial charge >= 0.3 is 0 Å². The summed E-state index contributed by atoms with van der Waals surface area (Å²) >= 11 is 0. The van der Waals surface area contributed by atoms with E-state index in [1.54, 1.807) is 6.33 Å².